The van der Waals surface area contributed by atoms with Gasteiger partial charge in [-0.3, -0.25) is 4.79 Å². The van der Waals surface area contributed by atoms with Crippen LogP contribution in [-0.2, 0) is 16.2 Å². The number of hydrogen-bond acceptors (Lipinski definition) is 7. The zero-order valence-corrected chi connectivity index (χ0v) is 20.3. The molecule has 7 heteroatoms. The van der Waals surface area contributed by atoms with Gasteiger partial charge in [0.05, 0.1) is 12.3 Å². The second kappa shape index (κ2) is 11.2. The zero-order chi connectivity index (χ0) is 24.8. The Morgan fingerprint density at radius 2 is 1.63 bits per heavy atom. The van der Waals surface area contributed by atoms with Gasteiger partial charge in [0.25, 0.3) is 0 Å². The third-order valence-corrected chi connectivity index (χ3v) is 6.35. The van der Waals surface area contributed by atoms with Gasteiger partial charge in [0.2, 0.25) is 5.78 Å². The fourth-order valence-electron chi connectivity index (χ4n) is 3.63. The van der Waals surface area contributed by atoms with Crippen LogP contribution in [-0.4, -0.2) is 22.6 Å². The number of nitrogens with zero attached hydrogens (tertiary/aromatic N) is 1. The Hall–Kier alpha value is -3.68. The molecule has 0 saturated heterocycles. The van der Waals surface area contributed by atoms with E-state index in [0.717, 1.165) is 32.9 Å². The van der Waals surface area contributed by atoms with E-state index >= 15 is 0 Å². The number of fused-ring (bicyclic) bond motifs is 1. The number of ketones is 1. The van der Waals surface area contributed by atoms with Gasteiger partial charge in [-0.15, -0.1) is 0 Å². The molecule has 4 aromatic rings. The smallest absolute Gasteiger partial charge is 0.331 e. The normalized spacial score (nSPS) is 11.6. The molecule has 0 aliphatic carbocycles. The summed E-state index contributed by atoms with van der Waals surface area (Å²) in [7, 11) is 0. The minimum absolute atomic E-state index is 0.149. The van der Waals surface area contributed by atoms with Gasteiger partial charge in [0, 0.05) is 33.2 Å². The van der Waals surface area contributed by atoms with Crippen LogP contribution in [0.15, 0.2) is 92.2 Å². The number of oxime groups is 1. The number of rotatable bonds is 9. The van der Waals surface area contributed by atoms with E-state index in [4.69, 9.17) is 9.25 Å². The van der Waals surface area contributed by atoms with Crippen LogP contribution >= 0.6 is 11.8 Å². The average Bonchev–Trinajstić information content (AvgIpc) is 3.32. The Morgan fingerprint density at radius 3 is 2.23 bits per heavy atom. The minimum Gasteiger partial charge on any atom is -0.452 e. The molecule has 35 heavy (non-hydrogen) atoms. The topological polar surface area (TPSA) is 89.1 Å². The Kier molecular flexibility index (Phi) is 7.80. The molecule has 6 nitrogen and oxygen atoms in total. The first-order valence-electron chi connectivity index (χ1n) is 11.3. The average molecular weight is 488 g/mol. The monoisotopic (exact) mass is 487 g/mol. The summed E-state index contributed by atoms with van der Waals surface area (Å²) in [4.78, 5) is 30.9. The minimum atomic E-state index is -0.442. The number of benzene rings is 3. The molecule has 0 aliphatic heterocycles. The van der Waals surface area contributed by atoms with Crippen LogP contribution in [0.3, 0.4) is 0 Å². The van der Waals surface area contributed by atoms with Crippen LogP contribution < -0.4 is 0 Å². The van der Waals surface area contributed by atoms with Crippen LogP contribution in [0.2, 0.25) is 0 Å². The van der Waals surface area contributed by atoms with E-state index in [2.05, 4.69) is 5.16 Å². The number of carbonyl (C=O) groups is 2. The van der Waals surface area contributed by atoms with E-state index in [1.54, 1.807) is 36.0 Å². The first-order chi connectivity index (χ1) is 17.0. The lowest BCUT2D eigenvalue weighted by Crippen LogP contribution is -2.03. The summed E-state index contributed by atoms with van der Waals surface area (Å²) >= 11 is 1.58. The second-order valence-electron chi connectivity index (χ2n) is 7.96. The van der Waals surface area contributed by atoms with E-state index in [1.807, 2.05) is 55.5 Å². The van der Waals surface area contributed by atoms with E-state index in [-0.39, 0.29) is 18.2 Å². The molecule has 3 aromatic carbocycles. The zero-order valence-electron chi connectivity index (χ0n) is 19.5. The standard InChI is InChI=1S/C28H25NO5S/c1-3-5-25(29-34-18(2)31)19-8-12-23(13-9-19)35-24-14-10-20(11-15-24)27(32)26-16-21-6-4-7-22(17-30)28(21)33-26/h4,6-16,30H,3,5,17H2,1-2H3/b29-25-. The second-order valence-corrected chi connectivity index (χ2v) is 9.10. The molecule has 1 N–H and O–H groups in total. The van der Waals surface area contributed by atoms with Gasteiger partial charge in [-0.25, -0.2) is 4.79 Å². The van der Waals surface area contributed by atoms with Crippen LogP contribution in [0.25, 0.3) is 11.0 Å². The van der Waals surface area contributed by atoms with Crippen LogP contribution in [0.5, 0.6) is 0 Å². The van der Waals surface area contributed by atoms with Crippen molar-refractivity contribution in [2.24, 2.45) is 5.16 Å². The highest BCUT2D eigenvalue weighted by atomic mass is 32.2. The van der Waals surface area contributed by atoms with Crippen molar-refractivity contribution in [3.8, 4) is 0 Å². The summed E-state index contributed by atoms with van der Waals surface area (Å²) in [5.41, 5.74) is 3.36. The van der Waals surface area contributed by atoms with Crippen molar-refractivity contribution >= 4 is 40.2 Å². The van der Waals surface area contributed by atoms with E-state index in [1.165, 1.54) is 6.92 Å². The first kappa shape index (κ1) is 24.4. The largest absolute Gasteiger partial charge is 0.452 e. The van der Waals surface area contributed by atoms with Crippen molar-refractivity contribution in [3.63, 3.8) is 0 Å². The maximum Gasteiger partial charge on any atom is 0.331 e. The Morgan fingerprint density at radius 1 is 0.971 bits per heavy atom. The predicted octanol–water partition coefficient (Wildman–Crippen LogP) is 6.37. The summed E-state index contributed by atoms with van der Waals surface area (Å²) in [6, 6.07) is 22.4. The van der Waals surface area contributed by atoms with Crippen LogP contribution in [0.1, 0.15) is 53.9 Å². The number of para-hydroxylation sites is 1. The highest BCUT2D eigenvalue weighted by Gasteiger charge is 2.16. The van der Waals surface area contributed by atoms with Gasteiger partial charge in [-0.1, -0.05) is 60.6 Å². The summed E-state index contributed by atoms with van der Waals surface area (Å²) in [5.74, 6) is -0.403. The SMILES string of the molecule is CCC/C(=N/OC(C)=O)c1ccc(Sc2ccc(C(=O)c3cc4cccc(CO)c4o3)cc2)cc1. The molecule has 0 spiro atoms. The molecule has 4 rings (SSSR count). The van der Waals surface area contributed by atoms with Gasteiger partial charge in [0.1, 0.15) is 5.58 Å². The quantitative estimate of drug-likeness (QED) is 0.128. The molecule has 0 amide bonds. The maximum absolute atomic E-state index is 12.9. The molecule has 0 saturated carbocycles. The summed E-state index contributed by atoms with van der Waals surface area (Å²) in [6.07, 6.45) is 1.60. The van der Waals surface area contributed by atoms with Crippen molar-refractivity contribution in [1.29, 1.82) is 0 Å². The summed E-state index contributed by atoms with van der Waals surface area (Å²) < 4.78 is 5.76. The van der Waals surface area contributed by atoms with Crippen molar-refractivity contribution in [2.75, 3.05) is 0 Å². The predicted molar refractivity (Wildman–Crippen MR) is 136 cm³/mol. The van der Waals surface area contributed by atoms with Gasteiger partial charge in [0.15, 0.2) is 5.76 Å². The molecule has 0 atom stereocenters. The molecule has 0 fully saturated rings. The third kappa shape index (κ3) is 5.88. The van der Waals surface area contributed by atoms with Crippen molar-refractivity contribution in [3.05, 3.63) is 95.2 Å². The van der Waals surface area contributed by atoms with E-state index in [9.17, 15) is 14.7 Å². The number of aliphatic hydroxyl groups is 1. The highest BCUT2D eigenvalue weighted by molar-refractivity contribution is 7.99. The number of aliphatic hydroxyl groups excluding tert-OH is 1. The third-order valence-electron chi connectivity index (χ3n) is 5.33. The van der Waals surface area contributed by atoms with Crippen LogP contribution in [0, 0.1) is 0 Å². The molecule has 0 bridgehead atoms. The number of hydrogen-bond donors (Lipinski definition) is 1. The lowest BCUT2D eigenvalue weighted by atomic mass is 10.1. The molecular weight excluding hydrogens is 462 g/mol. The molecule has 0 unspecified atom stereocenters. The maximum atomic E-state index is 12.9. The van der Waals surface area contributed by atoms with Crippen molar-refractivity contribution in [2.45, 2.75) is 43.1 Å². The lowest BCUT2D eigenvalue weighted by molar-refractivity contribution is -0.140. The number of furan rings is 1. The van der Waals surface area contributed by atoms with E-state index in [0.29, 0.717) is 23.1 Å². The Bertz CT molecular complexity index is 1370. The van der Waals surface area contributed by atoms with Crippen molar-refractivity contribution < 1.29 is 24.0 Å². The van der Waals surface area contributed by atoms with Gasteiger partial charge < -0.3 is 14.4 Å². The Balaban J connectivity index is 1.46. The lowest BCUT2D eigenvalue weighted by Gasteiger charge is -2.07. The van der Waals surface area contributed by atoms with Gasteiger partial charge in [-0.2, -0.15) is 0 Å². The fourth-order valence-corrected chi connectivity index (χ4v) is 4.44. The molecular formula is C28H25NO5S. The molecule has 1 heterocycles. The number of carbonyl (C=O) groups excluding carboxylic acids is 2. The van der Waals surface area contributed by atoms with E-state index < -0.39 is 5.97 Å². The summed E-state index contributed by atoms with van der Waals surface area (Å²) in [5, 5.41) is 14.3. The molecule has 1 aromatic heterocycles. The Labute approximate surface area is 207 Å². The highest BCUT2D eigenvalue weighted by Crippen LogP contribution is 2.30. The molecule has 178 valence electrons. The van der Waals surface area contributed by atoms with Crippen molar-refractivity contribution in [1.82, 2.24) is 0 Å². The van der Waals surface area contributed by atoms with Gasteiger partial charge >= 0.3 is 5.97 Å². The molecule has 0 radical (unpaired) electrons. The van der Waals surface area contributed by atoms with Gasteiger partial charge in [-0.05, 0) is 54.4 Å². The summed E-state index contributed by atoms with van der Waals surface area (Å²) in [6.45, 7) is 3.22. The molecule has 0 aliphatic rings. The fraction of sp³-hybridized carbons (Fsp3) is 0.179. The van der Waals surface area contributed by atoms with Crippen LogP contribution in [0.4, 0.5) is 0 Å². The first-order valence-corrected chi connectivity index (χ1v) is 12.1.